The Kier molecular flexibility index (Phi) is 6.16. The summed E-state index contributed by atoms with van der Waals surface area (Å²) < 4.78 is 16.1. The molecule has 0 saturated carbocycles. The molecule has 0 spiro atoms. The molecule has 1 aliphatic rings. The minimum absolute atomic E-state index is 0.0436. The summed E-state index contributed by atoms with van der Waals surface area (Å²) in [5, 5.41) is 11.6. The Bertz CT molecular complexity index is 1250. The summed E-state index contributed by atoms with van der Waals surface area (Å²) in [6, 6.07) is 12.9. The van der Waals surface area contributed by atoms with Crippen LogP contribution in [-0.4, -0.2) is 35.9 Å². The number of carbonyl (C=O) groups excluding carboxylic acids is 2. The quantitative estimate of drug-likeness (QED) is 0.316. The number of ether oxygens (including phenoxy) is 2. The maximum Gasteiger partial charge on any atom is 0.296 e. The van der Waals surface area contributed by atoms with Gasteiger partial charge >= 0.3 is 0 Å². The number of ketones is 1. The van der Waals surface area contributed by atoms with Crippen LogP contribution in [0.2, 0.25) is 5.02 Å². The molecule has 1 unspecified atom stereocenters. The van der Waals surface area contributed by atoms with Crippen LogP contribution in [0.15, 0.2) is 64.8 Å². The van der Waals surface area contributed by atoms with Crippen LogP contribution in [0.25, 0.3) is 5.76 Å². The van der Waals surface area contributed by atoms with Crippen molar-refractivity contribution in [3.63, 3.8) is 0 Å². The molecule has 170 valence electrons. The van der Waals surface area contributed by atoms with E-state index in [1.807, 2.05) is 0 Å². The summed E-state index contributed by atoms with van der Waals surface area (Å²) in [5.41, 5.74) is 1.51. The third kappa shape index (κ3) is 4.07. The lowest BCUT2D eigenvalue weighted by molar-refractivity contribution is -0.140. The molecule has 7 nitrogen and oxygen atoms in total. The molecule has 0 aliphatic carbocycles. The lowest BCUT2D eigenvalue weighted by atomic mass is 9.94. The molecule has 1 saturated heterocycles. The Morgan fingerprint density at radius 3 is 2.58 bits per heavy atom. The molecule has 1 N–H and O–H groups in total. The summed E-state index contributed by atoms with van der Waals surface area (Å²) in [7, 11) is 2.95. The molecule has 1 amide bonds. The summed E-state index contributed by atoms with van der Waals surface area (Å²) in [6.45, 7) is 1.85. The predicted octanol–water partition coefficient (Wildman–Crippen LogP) is 4.88. The second-order valence-corrected chi connectivity index (χ2v) is 8.02. The first kappa shape index (κ1) is 22.5. The second kappa shape index (κ2) is 9.03. The molecule has 1 aromatic heterocycles. The number of benzene rings is 2. The van der Waals surface area contributed by atoms with E-state index in [9.17, 15) is 14.7 Å². The maximum atomic E-state index is 13.2. The predicted molar refractivity (Wildman–Crippen MR) is 122 cm³/mol. The van der Waals surface area contributed by atoms with Crippen molar-refractivity contribution in [3.8, 4) is 11.5 Å². The van der Waals surface area contributed by atoms with E-state index in [2.05, 4.69) is 0 Å². The summed E-state index contributed by atoms with van der Waals surface area (Å²) in [6.07, 6.45) is 1.49. The van der Waals surface area contributed by atoms with E-state index in [0.717, 1.165) is 5.56 Å². The molecule has 1 atom stereocenters. The standard InChI is InChI=1S/C25H22ClNO6/c1-14-10-18(24(32-3)19(26)11-14)22(28)20-21(15-6-4-7-16(12-15)31-2)27(25(30)23(20)29)13-17-8-5-9-33-17/h4-12,21,28H,13H2,1-3H3/b22-20+. The first-order chi connectivity index (χ1) is 15.8. The highest BCUT2D eigenvalue weighted by atomic mass is 35.5. The van der Waals surface area contributed by atoms with E-state index in [4.69, 9.17) is 25.5 Å². The lowest BCUT2D eigenvalue weighted by Crippen LogP contribution is -2.29. The Morgan fingerprint density at radius 1 is 1.12 bits per heavy atom. The van der Waals surface area contributed by atoms with Crippen LogP contribution in [0.4, 0.5) is 0 Å². The van der Waals surface area contributed by atoms with Crippen LogP contribution in [0.1, 0.15) is 28.5 Å². The number of halogens is 1. The van der Waals surface area contributed by atoms with E-state index in [1.54, 1.807) is 55.5 Å². The minimum Gasteiger partial charge on any atom is -0.507 e. The van der Waals surface area contributed by atoms with Gasteiger partial charge in [-0.25, -0.2) is 0 Å². The van der Waals surface area contributed by atoms with Gasteiger partial charge in [0.15, 0.2) is 0 Å². The van der Waals surface area contributed by atoms with Gasteiger partial charge in [-0.05, 0) is 54.4 Å². The van der Waals surface area contributed by atoms with Crippen LogP contribution in [0.3, 0.4) is 0 Å². The van der Waals surface area contributed by atoms with E-state index < -0.39 is 17.7 Å². The number of Topliss-reactive ketones (excluding diaryl/α,β-unsaturated/α-hetero) is 1. The summed E-state index contributed by atoms with van der Waals surface area (Å²) in [5.74, 6) is -0.676. The number of methoxy groups -OCH3 is 2. The van der Waals surface area contributed by atoms with Gasteiger partial charge in [0.05, 0.1) is 49.2 Å². The number of aliphatic hydroxyl groups excluding tert-OH is 1. The van der Waals surface area contributed by atoms with Gasteiger partial charge in [-0.2, -0.15) is 0 Å². The van der Waals surface area contributed by atoms with Crippen LogP contribution < -0.4 is 9.47 Å². The van der Waals surface area contributed by atoms with Crippen molar-refractivity contribution >= 4 is 29.1 Å². The lowest BCUT2D eigenvalue weighted by Gasteiger charge is -2.25. The van der Waals surface area contributed by atoms with Crippen molar-refractivity contribution < 1.29 is 28.6 Å². The third-order valence-corrected chi connectivity index (χ3v) is 5.78. The van der Waals surface area contributed by atoms with Gasteiger partial charge < -0.3 is 23.9 Å². The number of aliphatic hydroxyl groups is 1. The number of likely N-dealkylation sites (tertiary alicyclic amines) is 1. The fraction of sp³-hybridized carbons (Fsp3) is 0.200. The van der Waals surface area contributed by atoms with E-state index in [0.29, 0.717) is 17.1 Å². The van der Waals surface area contributed by atoms with Gasteiger partial charge in [0, 0.05) is 0 Å². The van der Waals surface area contributed by atoms with Crippen LogP contribution in [-0.2, 0) is 16.1 Å². The van der Waals surface area contributed by atoms with Gasteiger partial charge in [-0.15, -0.1) is 0 Å². The highest BCUT2D eigenvalue weighted by molar-refractivity contribution is 6.46. The Labute approximate surface area is 195 Å². The number of carbonyl (C=O) groups is 2. The fourth-order valence-electron chi connectivity index (χ4n) is 4.03. The molecule has 33 heavy (non-hydrogen) atoms. The monoisotopic (exact) mass is 467 g/mol. The first-order valence-electron chi connectivity index (χ1n) is 10.1. The number of hydrogen-bond donors (Lipinski definition) is 1. The third-order valence-electron chi connectivity index (χ3n) is 5.50. The highest BCUT2D eigenvalue weighted by Crippen LogP contribution is 2.43. The average Bonchev–Trinajstić information content (AvgIpc) is 3.40. The largest absolute Gasteiger partial charge is 0.507 e. The van der Waals surface area contributed by atoms with Gasteiger partial charge in [0.1, 0.15) is 23.0 Å². The zero-order chi connectivity index (χ0) is 23.7. The van der Waals surface area contributed by atoms with Crippen molar-refractivity contribution in [1.82, 2.24) is 4.90 Å². The van der Waals surface area contributed by atoms with Crippen molar-refractivity contribution in [1.29, 1.82) is 0 Å². The smallest absolute Gasteiger partial charge is 0.296 e. The van der Waals surface area contributed by atoms with E-state index in [1.165, 1.54) is 25.4 Å². The molecule has 4 rings (SSSR count). The molecule has 1 aliphatic heterocycles. The zero-order valence-corrected chi connectivity index (χ0v) is 19.1. The number of hydrogen-bond acceptors (Lipinski definition) is 6. The van der Waals surface area contributed by atoms with Crippen LogP contribution in [0, 0.1) is 6.92 Å². The first-order valence-corrected chi connectivity index (χ1v) is 10.5. The summed E-state index contributed by atoms with van der Waals surface area (Å²) in [4.78, 5) is 27.7. The number of amides is 1. The Hall–Kier alpha value is -3.71. The SMILES string of the molecule is COc1cccc(C2/C(=C(\O)c3cc(C)cc(Cl)c3OC)C(=O)C(=O)N2Cc2ccco2)c1. The van der Waals surface area contributed by atoms with Gasteiger partial charge in [-0.3, -0.25) is 9.59 Å². The van der Waals surface area contributed by atoms with Gasteiger partial charge in [-0.1, -0.05) is 23.7 Å². The van der Waals surface area contributed by atoms with Crippen molar-refractivity contribution in [2.24, 2.45) is 0 Å². The topological polar surface area (TPSA) is 89.2 Å². The molecule has 3 aromatic rings. The van der Waals surface area contributed by atoms with Crippen LogP contribution >= 0.6 is 11.6 Å². The molecule has 0 radical (unpaired) electrons. The number of furan rings is 1. The van der Waals surface area contributed by atoms with E-state index in [-0.39, 0.29) is 34.2 Å². The Morgan fingerprint density at radius 2 is 1.91 bits per heavy atom. The molecular weight excluding hydrogens is 446 g/mol. The van der Waals surface area contributed by atoms with Gasteiger partial charge in [0.25, 0.3) is 11.7 Å². The molecular formula is C25H22ClNO6. The molecule has 2 heterocycles. The van der Waals surface area contributed by atoms with Crippen LogP contribution in [0.5, 0.6) is 11.5 Å². The average molecular weight is 468 g/mol. The van der Waals surface area contributed by atoms with E-state index >= 15 is 0 Å². The number of nitrogens with zero attached hydrogens (tertiary/aromatic N) is 1. The molecule has 0 bridgehead atoms. The Balaban J connectivity index is 1.95. The normalized spacial score (nSPS) is 17.5. The van der Waals surface area contributed by atoms with Crippen molar-refractivity contribution in [2.45, 2.75) is 19.5 Å². The highest BCUT2D eigenvalue weighted by Gasteiger charge is 2.46. The molecule has 1 fully saturated rings. The molecule has 2 aromatic carbocycles. The maximum absolute atomic E-state index is 13.2. The number of rotatable bonds is 6. The fourth-order valence-corrected chi connectivity index (χ4v) is 4.38. The summed E-state index contributed by atoms with van der Waals surface area (Å²) >= 11 is 6.32. The van der Waals surface area contributed by atoms with Crippen molar-refractivity contribution in [2.75, 3.05) is 14.2 Å². The van der Waals surface area contributed by atoms with Crippen molar-refractivity contribution in [3.05, 3.63) is 87.8 Å². The zero-order valence-electron chi connectivity index (χ0n) is 18.3. The second-order valence-electron chi connectivity index (χ2n) is 7.61. The molecule has 8 heteroatoms. The van der Waals surface area contributed by atoms with Gasteiger partial charge in [0.2, 0.25) is 0 Å². The minimum atomic E-state index is -0.880. The number of aryl methyl sites for hydroxylation is 1.